The van der Waals surface area contributed by atoms with E-state index in [1.807, 2.05) is 11.8 Å². The molecular formula is C10H15BrN4OS. The lowest BCUT2D eigenvalue weighted by Crippen LogP contribution is -2.36. The van der Waals surface area contributed by atoms with Gasteiger partial charge in [-0.1, -0.05) is 0 Å². The molecule has 94 valence electrons. The minimum Gasteiger partial charge on any atom is -0.381 e. The van der Waals surface area contributed by atoms with Crippen molar-refractivity contribution >= 4 is 33.4 Å². The monoisotopic (exact) mass is 318 g/mol. The number of anilines is 1. The van der Waals surface area contributed by atoms with Crippen LogP contribution in [0.15, 0.2) is 15.5 Å². The number of nitrogens with zero attached hydrogens (tertiary/aromatic N) is 2. The highest BCUT2D eigenvalue weighted by molar-refractivity contribution is 9.10. The average Bonchev–Trinajstić information content (AvgIpc) is 2.36. The van der Waals surface area contributed by atoms with Crippen LogP contribution in [0.1, 0.15) is 0 Å². The molecule has 1 aromatic heterocycles. The van der Waals surface area contributed by atoms with E-state index in [1.165, 1.54) is 11.5 Å². The van der Waals surface area contributed by atoms with Gasteiger partial charge < -0.3 is 5.32 Å². The van der Waals surface area contributed by atoms with Crippen molar-refractivity contribution in [2.75, 3.05) is 43.0 Å². The Morgan fingerprint density at radius 1 is 1.53 bits per heavy atom. The van der Waals surface area contributed by atoms with Gasteiger partial charge in [-0.25, -0.2) is 5.10 Å². The summed E-state index contributed by atoms with van der Waals surface area (Å²) in [6.07, 6.45) is 1.62. The topological polar surface area (TPSA) is 61.0 Å². The number of nitrogens with one attached hydrogen (secondary N) is 2. The van der Waals surface area contributed by atoms with E-state index in [4.69, 9.17) is 0 Å². The summed E-state index contributed by atoms with van der Waals surface area (Å²) in [5.74, 6) is 2.44. The highest BCUT2D eigenvalue weighted by Crippen LogP contribution is 2.15. The Hall–Kier alpha value is -0.530. The molecule has 2 N–H and O–H groups in total. The molecule has 0 saturated carbocycles. The molecule has 0 bridgehead atoms. The SMILES string of the molecule is O=c1[nH]ncc(NCCN2CCSCC2)c1Br. The Balaban J connectivity index is 1.81. The summed E-state index contributed by atoms with van der Waals surface area (Å²) in [6.45, 7) is 4.14. The molecule has 1 aliphatic rings. The van der Waals surface area contributed by atoms with Crippen molar-refractivity contribution in [1.29, 1.82) is 0 Å². The normalized spacial score (nSPS) is 17.0. The Morgan fingerprint density at radius 3 is 3.06 bits per heavy atom. The van der Waals surface area contributed by atoms with Gasteiger partial charge in [-0.15, -0.1) is 0 Å². The molecule has 1 aliphatic heterocycles. The zero-order valence-corrected chi connectivity index (χ0v) is 11.8. The third-order valence-corrected chi connectivity index (χ3v) is 4.37. The molecule has 2 heterocycles. The molecule has 1 fully saturated rings. The first-order valence-electron chi connectivity index (χ1n) is 5.54. The number of aromatic nitrogens is 2. The van der Waals surface area contributed by atoms with Crippen LogP contribution in [0.5, 0.6) is 0 Å². The van der Waals surface area contributed by atoms with Crippen LogP contribution in [0.25, 0.3) is 0 Å². The van der Waals surface area contributed by atoms with Crippen molar-refractivity contribution in [1.82, 2.24) is 15.1 Å². The van der Waals surface area contributed by atoms with Crippen LogP contribution in [0.2, 0.25) is 0 Å². The van der Waals surface area contributed by atoms with E-state index in [9.17, 15) is 4.79 Å². The zero-order chi connectivity index (χ0) is 12.1. The van der Waals surface area contributed by atoms with Crippen molar-refractivity contribution < 1.29 is 0 Å². The van der Waals surface area contributed by atoms with E-state index in [0.29, 0.717) is 4.47 Å². The predicted molar refractivity (Wildman–Crippen MR) is 74.8 cm³/mol. The summed E-state index contributed by atoms with van der Waals surface area (Å²) >= 11 is 5.25. The van der Waals surface area contributed by atoms with Gasteiger partial charge in [-0.2, -0.15) is 16.9 Å². The number of hydrogen-bond donors (Lipinski definition) is 2. The van der Waals surface area contributed by atoms with Gasteiger partial charge in [0.25, 0.3) is 5.56 Å². The maximum Gasteiger partial charge on any atom is 0.280 e. The Bertz CT molecular complexity index is 419. The number of thioether (sulfide) groups is 1. The number of hydrogen-bond acceptors (Lipinski definition) is 5. The molecule has 0 amide bonds. The number of aromatic amines is 1. The molecule has 0 unspecified atom stereocenters. The fraction of sp³-hybridized carbons (Fsp3) is 0.600. The van der Waals surface area contributed by atoms with E-state index in [-0.39, 0.29) is 5.56 Å². The minimum absolute atomic E-state index is 0.204. The molecule has 0 aromatic carbocycles. The Kier molecular flexibility index (Phi) is 4.87. The van der Waals surface area contributed by atoms with Crippen LogP contribution in [0.3, 0.4) is 0 Å². The Morgan fingerprint density at radius 2 is 2.29 bits per heavy atom. The van der Waals surface area contributed by atoms with E-state index in [0.717, 1.165) is 31.9 Å². The third kappa shape index (κ3) is 3.72. The molecule has 0 aliphatic carbocycles. The minimum atomic E-state index is -0.204. The van der Waals surface area contributed by atoms with Gasteiger partial charge in [0.15, 0.2) is 0 Å². The van der Waals surface area contributed by atoms with E-state index in [1.54, 1.807) is 6.20 Å². The molecule has 17 heavy (non-hydrogen) atoms. The van der Waals surface area contributed by atoms with E-state index < -0.39 is 0 Å². The summed E-state index contributed by atoms with van der Waals surface area (Å²) < 4.78 is 0.515. The van der Waals surface area contributed by atoms with Crippen LogP contribution < -0.4 is 10.9 Å². The maximum atomic E-state index is 11.3. The van der Waals surface area contributed by atoms with Gasteiger partial charge in [0.2, 0.25) is 0 Å². The number of rotatable bonds is 4. The first-order chi connectivity index (χ1) is 8.27. The summed E-state index contributed by atoms with van der Waals surface area (Å²) in [5, 5.41) is 9.36. The highest BCUT2D eigenvalue weighted by Gasteiger charge is 2.10. The lowest BCUT2D eigenvalue weighted by Gasteiger charge is -2.26. The molecule has 0 spiro atoms. The van der Waals surface area contributed by atoms with Gasteiger partial charge >= 0.3 is 0 Å². The van der Waals surface area contributed by atoms with Gasteiger partial charge in [0.05, 0.1) is 11.9 Å². The maximum absolute atomic E-state index is 11.3. The quantitative estimate of drug-likeness (QED) is 0.867. The second-order valence-corrected chi connectivity index (χ2v) is 5.83. The Labute approximate surface area is 112 Å². The fourth-order valence-corrected chi connectivity index (χ4v) is 2.99. The van der Waals surface area contributed by atoms with E-state index in [2.05, 4.69) is 36.3 Å². The van der Waals surface area contributed by atoms with Gasteiger partial charge in [-0.3, -0.25) is 9.69 Å². The van der Waals surface area contributed by atoms with Crippen molar-refractivity contribution in [2.45, 2.75) is 0 Å². The fourth-order valence-electron chi connectivity index (χ4n) is 1.68. The number of H-pyrrole nitrogens is 1. The zero-order valence-electron chi connectivity index (χ0n) is 9.41. The summed E-state index contributed by atoms with van der Waals surface area (Å²) in [7, 11) is 0. The van der Waals surface area contributed by atoms with Crippen LogP contribution >= 0.6 is 27.7 Å². The van der Waals surface area contributed by atoms with Crippen LogP contribution in [-0.4, -0.2) is 52.8 Å². The molecule has 0 atom stereocenters. The lowest BCUT2D eigenvalue weighted by atomic mass is 10.4. The van der Waals surface area contributed by atoms with Crippen LogP contribution in [-0.2, 0) is 0 Å². The first-order valence-corrected chi connectivity index (χ1v) is 7.49. The molecule has 2 rings (SSSR count). The summed E-state index contributed by atoms with van der Waals surface area (Å²) in [5.41, 5.74) is 0.546. The smallest absolute Gasteiger partial charge is 0.280 e. The van der Waals surface area contributed by atoms with Gasteiger partial charge in [0, 0.05) is 37.7 Å². The van der Waals surface area contributed by atoms with Gasteiger partial charge in [-0.05, 0) is 15.9 Å². The van der Waals surface area contributed by atoms with Crippen molar-refractivity contribution in [2.24, 2.45) is 0 Å². The molecule has 5 nitrogen and oxygen atoms in total. The summed E-state index contributed by atoms with van der Waals surface area (Å²) in [6, 6.07) is 0. The van der Waals surface area contributed by atoms with Gasteiger partial charge in [0.1, 0.15) is 4.47 Å². The molecular weight excluding hydrogens is 304 g/mol. The van der Waals surface area contributed by atoms with Crippen LogP contribution in [0.4, 0.5) is 5.69 Å². The number of halogens is 1. The van der Waals surface area contributed by atoms with Crippen LogP contribution in [0, 0.1) is 0 Å². The highest BCUT2D eigenvalue weighted by atomic mass is 79.9. The first kappa shape index (κ1) is 12.9. The van der Waals surface area contributed by atoms with Crippen molar-refractivity contribution in [3.05, 3.63) is 21.0 Å². The second-order valence-electron chi connectivity index (χ2n) is 3.81. The standard InChI is InChI=1S/C10H15BrN4OS/c11-9-8(7-13-14-10(9)16)12-1-2-15-3-5-17-6-4-15/h7H,1-6H2,(H2,12,14,16). The molecule has 0 radical (unpaired) electrons. The van der Waals surface area contributed by atoms with Crippen molar-refractivity contribution in [3.8, 4) is 0 Å². The predicted octanol–water partition coefficient (Wildman–Crippen LogP) is 0.993. The second kappa shape index (κ2) is 6.42. The summed E-state index contributed by atoms with van der Waals surface area (Å²) in [4.78, 5) is 13.7. The largest absolute Gasteiger partial charge is 0.381 e. The van der Waals surface area contributed by atoms with E-state index >= 15 is 0 Å². The third-order valence-electron chi connectivity index (χ3n) is 2.64. The molecule has 1 aromatic rings. The molecule has 7 heteroatoms. The van der Waals surface area contributed by atoms with Crippen molar-refractivity contribution in [3.63, 3.8) is 0 Å². The average molecular weight is 319 g/mol. The molecule has 1 saturated heterocycles. The lowest BCUT2D eigenvalue weighted by molar-refractivity contribution is 0.314.